The normalized spacial score (nSPS) is 15.3. The van der Waals surface area contributed by atoms with E-state index >= 15 is 0 Å². The first-order valence-corrected chi connectivity index (χ1v) is 6.24. The number of pyridine rings is 1. The van der Waals surface area contributed by atoms with E-state index in [9.17, 15) is 8.63 Å². The Hall–Kier alpha value is -2.23. The third-order valence-electron chi connectivity index (χ3n) is 3.83. The molecule has 0 amide bonds. The van der Waals surface area contributed by atoms with E-state index in [4.69, 9.17) is 0 Å². The molecule has 0 aliphatic carbocycles. The van der Waals surface area contributed by atoms with Crippen LogP contribution in [-0.2, 0) is 0 Å². The second-order valence-corrected chi connectivity index (χ2v) is 4.87. The predicted octanol–water partition coefficient (Wildman–Crippen LogP) is 2.74. The lowest BCUT2D eigenvalue weighted by molar-refractivity contribution is -0.551. The second kappa shape index (κ2) is 3.41. The standard InChI is InChI=1S/C15H10BF2N/c17-16(18)13-8-4-6-11-5-3-7-12(15(11)13)14-9-1-2-10-19(14)16/h1-10H. The Balaban J connectivity index is 2.28. The fourth-order valence-electron chi connectivity index (χ4n) is 2.99. The van der Waals surface area contributed by atoms with E-state index in [1.54, 1.807) is 24.3 Å². The van der Waals surface area contributed by atoms with E-state index in [1.807, 2.05) is 24.3 Å². The third kappa shape index (κ3) is 1.26. The van der Waals surface area contributed by atoms with Crippen LogP contribution in [0.2, 0.25) is 0 Å². The maximum atomic E-state index is 14.7. The quantitative estimate of drug-likeness (QED) is 0.542. The van der Waals surface area contributed by atoms with Crippen LogP contribution in [0.5, 0.6) is 0 Å². The summed E-state index contributed by atoms with van der Waals surface area (Å²) in [5, 5.41) is 1.55. The molecule has 0 saturated carbocycles. The number of hydrogen-bond acceptors (Lipinski definition) is 0. The van der Waals surface area contributed by atoms with E-state index in [0.717, 1.165) is 15.4 Å². The maximum Gasteiger partial charge on any atom is 0.645 e. The summed E-state index contributed by atoms with van der Waals surface area (Å²) >= 11 is 0. The molecule has 0 N–H and O–H groups in total. The molecular weight excluding hydrogens is 243 g/mol. The Morgan fingerprint density at radius 2 is 1.63 bits per heavy atom. The number of nitrogens with zero attached hydrogens (tertiary/aromatic N) is 1. The Morgan fingerprint density at radius 1 is 0.842 bits per heavy atom. The van der Waals surface area contributed by atoms with Gasteiger partial charge < -0.3 is 13.1 Å². The molecule has 19 heavy (non-hydrogen) atoms. The Labute approximate surface area is 109 Å². The van der Waals surface area contributed by atoms with Gasteiger partial charge in [-0.3, -0.25) is 0 Å². The van der Waals surface area contributed by atoms with Crippen molar-refractivity contribution in [3.05, 3.63) is 60.8 Å². The number of hydrogen-bond donors (Lipinski definition) is 0. The van der Waals surface area contributed by atoms with Crippen molar-refractivity contribution in [2.24, 2.45) is 0 Å². The van der Waals surface area contributed by atoms with Crippen LogP contribution in [0.15, 0.2) is 60.8 Å². The van der Waals surface area contributed by atoms with Crippen LogP contribution in [0.4, 0.5) is 8.63 Å². The predicted molar refractivity (Wildman–Crippen MR) is 72.6 cm³/mol. The van der Waals surface area contributed by atoms with Crippen molar-refractivity contribution >= 4 is 23.1 Å². The molecule has 4 heteroatoms. The van der Waals surface area contributed by atoms with Crippen molar-refractivity contribution in [2.45, 2.75) is 0 Å². The minimum Gasteiger partial charge on any atom is -0.408 e. The molecule has 92 valence electrons. The average molecular weight is 253 g/mol. The van der Waals surface area contributed by atoms with Gasteiger partial charge in [0.25, 0.3) is 0 Å². The first-order valence-electron chi connectivity index (χ1n) is 6.24. The third-order valence-corrected chi connectivity index (χ3v) is 3.83. The van der Waals surface area contributed by atoms with Crippen molar-refractivity contribution < 1.29 is 13.1 Å². The SMILES string of the molecule is F[B-]1(F)c2cccc3cccc(c23)-c2cccc[n+]21. The van der Waals surface area contributed by atoms with Crippen LogP contribution in [0.3, 0.4) is 0 Å². The summed E-state index contributed by atoms with van der Waals surface area (Å²) in [4.78, 5) is 0. The number of rotatable bonds is 0. The summed E-state index contributed by atoms with van der Waals surface area (Å²) in [5.41, 5.74) is 1.59. The highest BCUT2D eigenvalue weighted by molar-refractivity contribution is 6.75. The molecule has 1 aliphatic heterocycles. The molecule has 1 aliphatic rings. The molecule has 1 aromatic heterocycles. The molecule has 0 bridgehead atoms. The highest BCUT2D eigenvalue weighted by atomic mass is 19.2. The summed E-state index contributed by atoms with van der Waals surface area (Å²) in [6, 6.07) is 16.0. The Morgan fingerprint density at radius 3 is 2.47 bits per heavy atom. The van der Waals surface area contributed by atoms with Crippen molar-refractivity contribution in [1.29, 1.82) is 0 Å². The van der Waals surface area contributed by atoms with Crippen LogP contribution < -0.4 is 9.94 Å². The van der Waals surface area contributed by atoms with Gasteiger partial charge >= 0.3 is 6.84 Å². The molecule has 3 aromatic rings. The van der Waals surface area contributed by atoms with Crippen LogP contribution in [-0.4, -0.2) is 6.84 Å². The van der Waals surface area contributed by atoms with Gasteiger partial charge in [-0.1, -0.05) is 41.9 Å². The van der Waals surface area contributed by atoms with E-state index < -0.39 is 6.84 Å². The van der Waals surface area contributed by atoms with Gasteiger partial charge in [-0.25, -0.2) is 0 Å². The first kappa shape index (κ1) is 10.7. The van der Waals surface area contributed by atoms with Gasteiger partial charge in [-0.05, 0) is 22.9 Å². The summed E-state index contributed by atoms with van der Waals surface area (Å²) in [5.74, 6) is 0. The number of benzene rings is 2. The van der Waals surface area contributed by atoms with E-state index in [1.165, 1.54) is 12.3 Å². The number of aromatic nitrogens is 1. The second-order valence-electron chi connectivity index (χ2n) is 4.87. The first-order chi connectivity index (χ1) is 9.19. The summed E-state index contributed by atoms with van der Waals surface area (Å²) in [6.45, 7) is -3.75. The largest absolute Gasteiger partial charge is 0.645 e. The zero-order valence-corrected chi connectivity index (χ0v) is 10.1. The average Bonchev–Trinajstić information content (AvgIpc) is 2.45. The molecule has 0 fully saturated rings. The van der Waals surface area contributed by atoms with Crippen molar-refractivity contribution in [2.75, 3.05) is 0 Å². The molecule has 0 unspecified atom stereocenters. The molecule has 0 atom stereocenters. The lowest BCUT2D eigenvalue weighted by Gasteiger charge is -2.28. The molecule has 4 rings (SSSR count). The van der Waals surface area contributed by atoms with Gasteiger partial charge in [0.15, 0.2) is 5.69 Å². The summed E-state index contributed by atoms with van der Waals surface area (Å²) < 4.78 is 30.5. The lowest BCUT2D eigenvalue weighted by atomic mass is 9.64. The van der Waals surface area contributed by atoms with Crippen molar-refractivity contribution in [3.8, 4) is 11.3 Å². The minimum absolute atomic E-state index is 0.136. The zero-order chi connectivity index (χ0) is 13.0. The maximum absolute atomic E-state index is 14.7. The smallest absolute Gasteiger partial charge is 0.408 e. The Bertz CT molecular complexity index is 809. The van der Waals surface area contributed by atoms with Crippen LogP contribution >= 0.6 is 0 Å². The van der Waals surface area contributed by atoms with Gasteiger partial charge in [-0.2, -0.15) is 0 Å². The fraction of sp³-hybridized carbons (Fsp3) is 0. The van der Waals surface area contributed by atoms with Crippen LogP contribution in [0.1, 0.15) is 0 Å². The van der Waals surface area contributed by atoms with E-state index in [-0.39, 0.29) is 5.46 Å². The molecule has 1 nitrogen and oxygen atoms in total. The molecule has 0 spiro atoms. The lowest BCUT2D eigenvalue weighted by Crippen LogP contribution is -2.68. The van der Waals surface area contributed by atoms with Crippen LogP contribution in [0, 0.1) is 0 Å². The molecule has 2 heterocycles. The molecule has 2 aromatic carbocycles. The molecular formula is C15H10BF2N. The molecule has 0 saturated heterocycles. The zero-order valence-electron chi connectivity index (χ0n) is 10.1. The van der Waals surface area contributed by atoms with Crippen molar-refractivity contribution in [3.63, 3.8) is 0 Å². The van der Waals surface area contributed by atoms with Gasteiger partial charge in [-0.15, -0.1) is 0 Å². The summed E-state index contributed by atoms with van der Waals surface area (Å²) in [7, 11) is 0. The monoisotopic (exact) mass is 253 g/mol. The van der Waals surface area contributed by atoms with Gasteiger partial charge in [0, 0.05) is 11.6 Å². The van der Waals surface area contributed by atoms with Gasteiger partial charge in [0.1, 0.15) is 6.20 Å². The highest BCUT2D eigenvalue weighted by Gasteiger charge is 2.47. The topological polar surface area (TPSA) is 3.88 Å². The van der Waals surface area contributed by atoms with Gasteiger partial charge in [0.05, 0.1) is 0 Å². The molecule has 0 radical (unpaired) electrons. The summed E-state index contributed by atoms with van der Waals surface area (Å²) in [6.07, 6.45) is 1.46. The van der Waals surface area contributed by atoms with E-state index in [2.05, 4.69) is 0 Å². The fourth-order valence-corrected chi connectivity index (χ4v) is 2.99. The Kier molecular flexibility index (Phi) is 1.92. The minimum atomic E-state index is -3.75. The van der Waals surface area contributed by atoms with Crippen molar-refractivity contribution in [1.82, 2.24) is 0 Å². The number of halogens is 2. The number of fused-ring (bicyclic) bond motifs is 2. The van der Waals surface area contributed by atoms with Gasteiger partial charge in [0.2, 0.25) is 0 Å². The highest BCUT2D eigenvalue weighted by Crippen LogP contribution is 2.31. The van der Waals surface area contributed by atoms with E-state index in [0.29, 0.717) is 11.1 Å². The van der Waals surface area contributed by atoms with Crippen LogP contribution in [0.25, 0.3) is 22.0 Å².